The molecule has 0 radical (unpaired) electrons. The molecule has 1 saturated carbocycles. The number of carbonyl (C=O) groups is 2. The Labute approximate surface area is 254 Å². The summed E-state index contributed by atoms with van der Waals surface area (Å²) in [5.74, 6) is 0.461. The van der Waals surface area contributed by atoms with Gasteiger partial charge in [-0.15, -0.1) is 0 Å². The highest BCUT2D eigenvalue weighted by atomic mass is 35.5. The zero-order chi connectivity index (χ0) is 30.1. The second-order valence-electron chi connectivity index (χ2n) is 12.7. The van der Waals surface area contributed by atoms with Crippen molar-refractivity contribution in [2.24, 2.45) is 5.41 Å². The molecule has 2 aromatic carbocycles. The first-order valence-corrected chi connectivity index (χ1v) is 14.8. The number of ether oxygens (including phenoxy) is 1. The van der Waals surface area contributed by atoms with Crippen molar-refractivity contribution >= 4 is 40.3 Å². The van der Waals surface area contributed by atoms with Crippen molar-refractivity contribution in [3.05, 3.63) is 99.4 Å². The molecule has 1 spiro atoms. The minimum absolute atomic E-state index is 0.0590. The SMILES string of the molecule is CC(C)(C)OC(=O)N1C[C@H]2N(c3ccc(C(=O)NCc4cn(-c5ccccc5)c5cc(Cl)ccc5c4=O)cn3)CC23C[C@H]13. The van der Waals surface area contributed by atoms with E-state index in [2.05, 4.69) is 15.2 Å². The van der Waals surface area contributed by atoms with E-state index < -0.39 is 5.60 Å². The molecule has 9 nitrogen and oxygen atoms in total. The molecule has 2 saturated heterocycles. The van der Waals surface area contributed by atoms with Crippen molar-refractivity contribution < 1.29 is 14.3 Å². The third-order valence-electron chi connectivity index (χ3n) is 8.77. The summed E-state index contributed by atoms with van der Waals surface area (Å²) in [7, 11) is 0. The predicted molar refractivity (Wildman–Crippen MR) is 165 cm³/mol. The Kier molecular flexibility index (Phi) is 6.28. The van der Waals surface area contributed by atoms with Gasteiger partial charge in [0.25, 0.3) is 5.91 Å². The van der Waals surface area contributed by atoms with Crippen molar-refractivity contribution in [2.45, 2.75) is 51.4 Å². The second kappa shape index (κ2) is 9.84. The van der Waals surface area contributed by atoms with Crippen LogP contribution in [0, 0.1) is 5.41 Å². The molecular weight excluding hydrogens is 566 g/mol. The largest absolute Gasteiger partial charge is 0.444 e. The number of hydrogen-bond donors (Lipinski definition) is 1. The predicted octanol–water partition coefficient (Wildman–Crippen LogP) is 5.17. The highest BCUT2D eigenvalue weighted by Crippen LogP contribution is 2.65. The van der Waals surface area contributed by atoms with E-state index in [0.717, 1.165) is 24.5 Å². The molecule has 2 aromatic heterocycles. The van der Waals surface area contributed by atoms with E-state index in [1.165, 1.54) is 0 Å². The topological polar surface area (TPSA) is 96.8 Å². The summed E-state index contributed by atoms with van der Waals surface area (Å²) in [5, 5.41) is 3.94. The number of likely N-dealkylation sites (tertiary alicyclic amines) is 1. The van der Waals surface area contributed by atoms with Crippen molar-refractivity contribution in [2.75, 3.05) is 18.0 Å². The number of carbonyl (C=O) groups excluding carboxylic acids is 2. The van der Waals surface area contributed by atoms with Crippen LogP contribution < -0.4 is 15.6 Å². The fourth-order valence-electron chi connectivity index (χ4n) is 6.59. The molecular formula is C33H32ClN5O4. The number of anilines is 1. The first-order valence-electron chi connectivity index (χ1n) is 14.4. The number of hydrogen-bond acceptors (Lipinski definition) is 6. The van der Waals surface area contributed by atoms with E-state index in [1.54, 1.807) is 36.7 Å². The van der Waals surface area contributed by atoms with Gasteiger partial charge in [0, 0.05) is 65.1 Å². The van der Waals surface area contributed by atoms with Crippen molar-refractivity contribution in [3.63, 3.8) is 0 Å². The van der Waals surface area contributed by atoms with Gasteiger partial charge in [0.2, 0.25) is 0 Å². The Morgan fingerprint density at radius 1 is 1.09 bits per heavy atom. The lowest BCUT2D eigenvalue weighted by atomic mass is 9.86. The molecule has 3 atom stereocenters. The van der Waals surface area contributed by atoms with Crippen LogP contribution in [0.5, 0.6) is 0 Å². The van der Waals surface area contributed by atoms with Crippen molar-refractivity contribution in [1.29, 1.82) is 0 Å². The molecule has 43 heavy (non-hydrogen) atoms. The van der Waals surface area contributed by atoms with Gasteiger partial charge in [-0.3, -0.25) is 9.59 Å². The quantitative estimate of drug-likeness (QED) is 0.341. The monoisotopic (exact) mass is 597 g/mol. The van der Waals surface area contributed by atoms with E-state index in [1.807, 2.05) is 66.6 Å². The number of piperidine rings is 1. The van der Waals surface area contributed by atoms with Crippen LogP contribution in [0.25, 0.3) is 16.6 Å². The fourth-order valence-corrected chi connectivity index (χ4v) is 6.75. The summed E-state index contributed by atoms with van der Waals surface area (Å²) in [6, 6.07) is 18.9. The smallest absolute Gasteiger partial charge is 0.410 e. The summed E-state index contributed by atoms with van der Waals surface area (Å²) in [4.78, 5) is 47.8. The lowest BCUT2D eigenvalue weighted by Gasteiger charge is -2.47. The summed E-state index contributed by atoms with van der Waals surface area (Å²) < 4.78 is 7.54. The lowest BCUT2D eigenvalue weighted by molar-refractivity contribution is 0.0261. The van der Waals surface area contributed by atoms with E-state index in [9.17, 15) is 14.4 Å². The third-order valence-corrected chi connectivity index (χ3v) is 9.01. The molecule has 10 heteroatoms. The minimum atomic E-state index is -0.528. The fraction of sp³-hybridized carbons (Fsp3) is 0.333. The highest BCUT2D eigenvalue weighted by molar-refractivity contribution is 6.31. The first kappa shape index (κ1) is 27.5. The summed E-state index contributed by atoms with van der Waals surface area (Å²) in [6.07, 6.45) is 4.05. The molecule has 1 unspecified atom stereocenters. The maximum atomic E-state index is 13.3. The molecule has 4 aromatic rings. The van der Waals surface area contributed by atoms with Crippen LogP contribution in [0.3, 0.4) is 0 Å². The number of pyridine rings is 2. The number of nitrogens with one attached hydrogen (secondary N) is 1. The summed E-state index contributed by atoms with van der Waals surface area (Å²) >= 11 is 6.26. The minimum Gasteiger partial charge on any atom is -0.444 e. The second-order valence-corrected chi connectivity index (χ2v) is 13.1. The molecule has 2 aliphatic heterocycles. The Hall–Kier alpha value is -4.37. The summed E-state index contributed by atoms with van der Waals surface area (Å²) in [5.41, 5.74) is 1.88. The van der Waals surface area contributed by atoms with Gasteiger partial charge < -0.3 is 24.4 Å². The van der Waals surface area contributed by atoms with E-state index in [4.69, 9.17) is 16.3 Å². The number of para-hydroxylation sites is 1. The molecule has 1 aliphatic carbocycles. The maximum Gasteiger partial charge on any atom is 0.410 e. The zero-order valence-electron chi connectivity index (χ0n) is 24.2. The normalized spacial score (nSPS) is 22.0. The van der Waals surface area contributed by atoms with Crippen LogP contribution in [0.2, 0.25) is 5.02 Å². The van der Waals surface area contributed by atoms with Gasteiger partial charge in [0.15, 0.2) is 5.43 Å². The number of halogens is 1. The zero-order valence-corrected chi connectivity index (χ0v) is 25.0. The number of amides is 2. The maximum absolute atomic E-state index is 13.3. The molecule has 2 amide bonds. The first-order chi connectivity index (χ1) is 20.5. The van der Waals surface area contributed by atoms with Gasteiger partial charge in [-0.05, 0) is 69.7 Å². The number of rotatable bonds is 5. The molecule has 7 rings (SSSR count). The van der Waals surface area contributed by atoms with Crippen molar-refractivity contribution in [1.82, 2.24) is 19.8 Å². The molecule has 1 N–H and O–H groups in total. The average Bonchev–Trinajstić information content (AvgIpc) is 3.67. The Morgan fingerprint density at radius 3 is 2.60 bits per heavy atom. The van der Waals surface area contributed by atoms with Crippen LogP contribution in [0.1, 0.15) is 43.1 Å². The van der Waals surface area contributed by atoms with Crippen LogP contribution in [-0.2, 0) is 11.3 Å². The number of aromatic nitrogens is 2. The van der Waals surface area contributed by atoms with Crippen molar-refractivity contribution in [3.8, 4) is 5.69 Å². The molecule has 3 fully saturated rings. The van der Waals surface area contributed by atoms with Gasteiger partial charge in [-0.2, -0.15) is 0 Å². The number of nitrogens with zero attached hydrogens (tertiary/aromatic N) is 4. The third kappa shape index (κ3) is 4.72. The standard InChI is InChI=1S/C33H32ClN5O4/c1-32(2,3)43-31(42)38-18-27-33(14-26(33)38)19-39(27)28-12-9-20(15-35-28)30(41)36-16-21-17-37(23-7-5-4-6-8-23)25-13-22(34)10-11-24(25)29(21)40/h4-13,15,17,26-27H,14,16,18-19H2,1-3H3,(H,36,41)/t26-,27+,33?/m0/s1. The van der Waals surface area contributed by atoms with Gasteiger partial charge >= 0.3 is 6.09 Å². The lowest BCUT2D eigenvalue weighted by Crippen LogP contribution is -2.59. The van der Waals surface area contributed by atoms with Gasteiger partial charge in [0.1, 0.15) is 11.4 Å². The average molecular weight is 598 g/mol. The van der Waals surface area contributed by atoms with E-state index in [-0.39, 0.29) is 41.5 Å². The Morgan fingerprint density at radius 2 is 1.88 bits per heavy atom. The van der Waals surface area contributed by atoms with Gasteiger partial charge in [0.05, 0.1) is 17.1 Å². The molecule has 220 valence electrons. The van der Waals surface area contributed by atoms with E-state index in [0.29, 0.717) is 33.6 Å². The van der Waals surface area contributed by atoms with Crippen LogP contribution >= 0.6 is 11.6 Å². The van der Waals surface area contributed by atoms with E-state index >= 15 is 0 Å². The van der Waals surface area contributed by atoms with Crippen LogP contribution in [0.4, 0.5) is 10.6 Å². The van der Waals surface area contributed by atoms with Crippen LogP contribution in [0.15, 0.2) is 77.9 Å². The van der Waals surface area contributed by atoms with Gasteiger partial charge in [-0.1, -0.05) is 29.8 Å². The number of benzene rings is 2. The van der Waals surface area contributed by atoms with Crippen LogP contribution in [-0.4, -0.2) is 57.2 Å². The number of fused-ring (bicyclic) bond motifs is 1. The summed E-state index contributed by atoms with van der Waals surface area (Å²) in [6.45, 7) is 7.15. The molecule has 4 heterocycles. The Bertz CT molecular complexity index is 1820. The van der Waals surface area contributed by atoms with Gasteiger partial charge in [-0.25, -0.2) is 9.78 Å². The molecule has 3 aliphatic rings. The highest BCUT2D eigenvalue weighted by Gasteiger charge is 2.75. The molecule has 0 bridgehead atoms. The Balaban J connectivity index is 1.05.